The Morgan fingerprint density at radius 3 is 2.24 bits per heavy atom. The van der Waals surface area contributed by atoms with Gasteiger partial charge < -0.3 is 10.2 Å². The number of amides is 2. The van der Waals surface area contributed by atoms with Crippen LogP contribution in [0.4, 0.5) is 10.1 Å². The van der Waals surface area contributed by atoms with E-state index in [4.69, 9.17) is 23.2 Å². The van der Waals surface area contributed by atoms with Crippen molar-refractivity contribution in [1.82, 2.24) is 10.2 Å². The van der Waals surface area contributed by atoms with Gasteiger partial charge in [-0.2, -0.15) is 0 Å². The summed E-state index contributed by atoms with van der Waals surface area (Å²) in [5, 5.41) is 3.70. The monoisotopic (exact) mass is 619 g/mol. The Hall–Kier alpha value is -3.14. The molecule has 0 unspecified atom stereocenters. The molecule has 4 rings (SSSR count). The Balaban J connectivity index is 1.66. The van der Waals surface area contributed by atoms with Gasteiger partial charge in [0.15, 0.2) is 0 Å². The molecule has 1 N–H and O–H groups in total. The Morgan fingerprint density at radius 2 is 1.61 bits per heavy atom. The zero-order chi connectivity index (χ0) is 29.6. The maximum Gasteiger partial charge on any atom is 0.264 e. The third-order valence-electron chi connectivity index (χ3n) is 7.18. The molecule has 1 aliphatic rings. The molecule has 0 bridgehead atoms. The van der Waals surface area contributed by atoms with Crippen molar-refractivity contribution < 1.29 is 22.4 Å². The largest absolute Gasteiger partial charge is 0.352 e. The molecule has 3 aromatic rings. The van der Waals surface area contributed by atoms with Crippen molar-refractivity contribution in [3.8, 4) is 0 Å². The summed E-state index contributed by atoms with van der Waals surface area (Å²) in [6.45, 7) is 1.02. The highest BCUT2D eigenvalue weighted by atomic mass is 35.5. The van der Waals surface area contributed by atoms with Crippen LogP contribution in [-0.2, 0) is 26.2 Å². The van der Waals surface area contributed by atoms with E-state index >= 15 is 0 Å². The average molecular weight is 621 g/mol. The summed E-state index contributed by atoms with van der Waals surface area (Å²) in [7, 11) is -4.27. The molecule has 0 saturated heterocycles. The molecule has 1 atom stereocenters. The smallest absolute Gasteiger partial charge is 0.264 e. The predicted octanol–water partition coefficient (Wildman–Crippen LogP) is 6.19. The zero-order valence-corrected chi connectivity index (χ0v) is 24.9. The summed E-state index contributed by atoms with van der Waals surface area (Å²) < 4.78 is 42.0. The molecular weight excluding hydrogens is 588 g/mol. The first-order chi connectivity index (χ1) is 19.6. The number of para-hydroxylation sites is 1. The van der Waals surface area contributed by atoms with Crippen LogP contribution in [0.25, 0.3) is 0 Å². The highest BCUT2D eigenvalue weighted by molar-refractivity contribution is 7.92. The lowest BCUT2D eigenvalue weighted by atomic mass is 9.95. The second-order valence-corrected chi connectivity index (χ2v) is 12.8. The molecule has 0 radical (unpaired) electrons. The number of anilines is 1. The van der Waals surface area contributed by atoms with Crippen molar-refractivity contribution >= 4 is 50.7 Å². The van der Waals surface area contributed by atoms with Gasteiger partial charge >= 0.3 is 0 Å². The SMILES string of the molecule is C[C@@H](C(=O)NC1CCCCC1)N(Cc1ccc(Cl)c(Cl)c1)C(=O)CN(c1ccccc1)S(=O)(=O)c1ccc(F)cc1. The van der Waals surface area contributed by atoms with Crippen LogP contribution in [0.3, 0.4) is 0 Å². The fourth-order valence-corrected chi connectivity index (χ4v) is 6.58. The van der Waals surface area contributed by atoms with E-state index in [0.717, 1.165) is 60.7 Å². The summed E-state index contributed by atoms with van der Waals surface area (Å²) in [6, 6.07) is 16.6. The van der Waals surface area contributed by atoms with E-state index in [1.165, 1.54) is 4.90 Å². The average Bonchev–Trinajstić information content (AvgIpc) is 2.97. The topological polar surface area (TPSA) is 86.8 Å². The van der Waals surface area contributed by atoms with Gasteiger partial charge in [-0.15, -0.1) is 0 Å². The van der Waals surface area contributed by atoms with E-state index < -0.39 is 34.3 Å². The minimum atomic E-state index is -4.27. The minimum Gasteiger partial charge on any atom is -0.352 e. The van der Waals surface area contributed by atoms with Crippen LogP contribution in [0, 0.1) is 5.82 Å². The summed E-state index contributed by atoms with van der Waals surface area (Å²) in [5.74, 6) is -1.51. The lowest BCUT2D eigenvalue weighted by molar-refractivity contribution is -0.139. The number of carbonyl (C=O) groups excluding carboxylic acids is 2. The van der Waals surface area contributed by atoms with Crippen molar-refractivity contribution in [3.05, 3.63) is 94.2 Å². The molecule has 1 fully saturated rings. The van der Waals surface area contributed by atoms with Gasteiger partial charge in [0, 0.05) is 12.6 Å². The number of nitrogens with one attached hydrogen (secondary N) is 1. The summed E-state index contributed by atoms with van der Waals surface area (Å²) >= 11 is 12.3. The fourth-order valence-electron chi connectivity index (χ4n) is 4.84. The van der Waals surface area contributed by atoms with Gasteiger partial charge in [0.1, 0.15) is 18.4 Å². The first-order valence-corrected chi connectivity index (χ1v) is 15.6. The first-order valence-electron chi connectivity index (χ1n) is 13.4. The number of carbonyl (C=O) groups is 2. The Labute approximate surface area is 250 Å². The highest BCUT2D eigenvalue weighted by Crippen LogP contribution is 2.27. The van der Waals surface area contributed by atoms with Crippen molar-refractivity contribution in [3.63, 3.8) is 0 Å². The standard InChI is InChI=1S/C30H32Cl2FN3O4S/c1-21(30(38)34-24-8-4-2-5-9-24)35(19-22-12-17-27(31)28(32)18-22)29(37)20-36(25-10-6-3-7-11-25)41(39,40)26-15-13-23(33)14-16-26/h3,6-7,10-18,21,24H,2,4-5,8-9,19-20H2,1H3,(H,34,38)/t21-/m0/s1. The molecule has 1 saturated carbocycles. The molecule has 0 spiro atoms. The van der Waals surface area contributed by atoms with Crippen LogP contribution < -0.4 is 9.62 Å². The van der Waals surface area contributed by atoms with Gasteiger partial charge in [0.05, 0.1) is 20.6 Å². The second-order valence-electron chi connectivity index (χ2n) is 10.1. The molecule has 7 nitrogen and oxygen atoms in total. The van der Waals surface area contributed by atoms with Crippen molar-refractivity contribution in [2.24, 2.45) is 0 Å². The van der Waals surface area contributed by atoms with Gasteiger partial charge in [-0.3, -0.25) is 13.9 Å². The minimum absolute atomic E-state index is 0.00575. The van der Waals surface area contributed by atoms with Crippen LogP contribution >= 0.6 is 23.2 Å². The molecule has 2 amide bonds. The quantitative estimate of drug-likeness (QED) is 0.293. The predicted molar refractivity (Wildman–Crippen MR) is 159 cm³/mol. The third kappa shape index (κ3) is 7.78. The van der Waals surface area contributed by atoms with Crippen LogP contribution in [0.1, 0.15) is 44.6 Å². The summed E-state index contributed by atoms with van der Waals surface area (Å²) in [5.41, 5.74) is 0.872. The number of rotatable bonds is 10. The van der Waals surface area contributed by atoms with E-state index in [9.17, 15) is 22.4 Å². The maximum absolute atomic E-state index is 14.0. The highest BCUT2D eigenvalue weighted by Gasteiger charge is 2.33. The Morgan fingerprint density at radius 1 is 0.951 bits per heavy atom. The van der Waals surface area contributed by atoms with Gasteiger partial charge in [-0.05, 0) is 73.9 Å². The van der Waals surface area contributed by atoms with E-state index in [1.807, 2.05) is 0 Å². The molecule has 11 heteroatoms. The van der Waals surface area contributed by atoms with E-state index in [1.54, 1.807) is 55.5 Å². The number of nitrogens with zero attached hydrogens (tertiary/aromatic N) is 2. The first kappa shape index (κ1) is 30.8. The molecule has 0 aromatic heterocycles. The molecule has 1 aliphatic carbocycles. The molecule has 218 valence electrons. The van der Waals surface area contributed by atoms with Gasteiger partial charge in [-0.25, -0.2) is 12.8 Å². The number of halogens is 3. The van der Waals surface area contributed by atoms with Crippen LogP contribution in [0.2, 0.25) is 10.0 Å². The fraction of sp³-hybridized carbons (Fsp3) is 0.333. The Kier molecular flexibility index (Phi) is 10.3. The second kappa shape index (κ2) is 13.7. The molecular formula is C30H32Cl2FN3O4S. The normalized spacial score (nSPS) is 14.7. The molecule has 41 heavy (non-hydrogen) atoms. The van der Waals surface area contributed by atoms with Crippen molar-refractivity contribution in [2.45, 2.75) is 62.6 Å². The number of benzene rings is 3. The summed E-state index contributed by atoms with van der Waals surface area (Å²) in [4.78, 5) is 28.5. The van der Waals surface area contributed by atoms with Crippen LogP contribution in [0.5, 0.6) is 0 Å². The van der Waals surface area contributed by atoms with Crippen LogP contribution in [-0.4, -0.2) is 43.8 Å². The van der Waals surface area contributed by atoms with Crippen molar-refractivity contribution in [1.29, 1.82) is 0 Å². The maximum atomic E-state index is 14.0. The van der Waals surface area contributed by atoms with E-state index in [0.29, 0.717) is 15.6 Å². The lowest BCUT2D eigenvalue weighted by Crippen LogP contribution is -2.53. The number of hydrogen-bond acceptors (Lipinski definition) is 4. The van der Waals surface area contributed by atoms with E-state index in [-0.39, 0.29) is 29.1 Å². The van der Waals surface area contributed by atoms with Gasteiger partial charge in [0.2, 0.25) is 11.8 Å². The number of sulfonamides is 1. The third-order valence-corrected chi connectivity index (χ3v) is 9.71. The number of hydrogen-bond donors (Lipinski definition) is 1. The van der Waals surface area contributed by atoms with E-state index in [2.05, 4.69) is 5.32 Å². The lowest BCUT2D eigenvalue weighted by Gasteiger charge is -2.33. The van der Waals surface area contributed by atoms with Gasteiger partial charge in [-0.1, -0.05) is 66.7 Å². The van der Waals surface area contributed by atoms with Crippen LogP contribution in [0.15, 0.2) is 77.7 Å². The van der Waals surface area contributed by atoms with Crippen molar-refractivity contribution in [2.75, 3.05) is 10.8 Å². The molecule has 0 heterocycles. The molecule has 0 aliphatic heterocycles. The summed E-state index contributed by atoms with van der Waals surface area (Å²) in [6.07, 6.45) is 4.92. The molecule has 3 aromatic carbocycles. The Bertz CT molecular complexity index is 1470. The van der Waals surface area contributed by atoms with Gasteiger partial charge in [0.25, 0.3) is 10.0 Å². The zero-order valence-electron chi connectivity index (χ0n) is 22.6.